The molecule has 0 unspecified atom stereocenters. The molecule has 38 heavy (non-hydrogen) atoms. The number of likely N-dealkylation sites (tertiary alicyclic amines) is 1. The van der Waals surface area contributed by atoms with Crippen LogP contribution in [0, 0.1) is 0 Å². The average Bonchev–Trinajstić information content (AvgIpc) is 3.49. The molecule has 0 saturated carbocycles. The van der Waals surface area contributed by atoms with E-state index in [9.17, 15) is 8.42 Å². The van der Waals surface area contributed by atoms with Gasteiger partial charge in [-0.25, -0.2) is 28.1 Å². The van der Waals surface area contributed by atoms with E-state index in [-0.39, 0.29) is 11.8 Å². The number of hydrogen-bond donors (Lipinski definition) is 2. The number of nitrogen functional groups attached to an aromatic ring is 1. The van der Waals surface area contributed by atoms with E-state index in [4.69, 9.17) is 15.8 Å². The lowest BCUT2D eigenvalue weighted by molar-refractivity contribution is 0.190. The summed E-state index contributed by atoms with van der Waals surface area (Å²) >= 11 is 0. The molecule has 6 rings (SSSR count). The standard InChI is InChI=1S/C27H30N8O2S/c1-38(36,37)14-13-34-11-9-20(10-12-34)35-27-24(26(28)29-17-30-27)25(33-35)19-7-8-21-22(16-19)32-23(31-21)15-18-5-3-2-4-6-18/h2-8,16-17,20H,9-15H2,1H3,(H,31,32)(H2,28,29,30). The fraction of sp³-hybridized carbons (Fsp3) is 0.333. The Balaban J connectivity index is 1.30. The van der Waals surface area contributed by atoms with Gasteiger partial charge in [-0.1, -0.05) is 36.4 Å². The third kappa shape index (κ3) is 4.99. The van der Waals surface area contributed by atoms with Crippen molar-refractivity contribution < 1.29 is 8.42 Å². The number of aromatic nitrogens is 6. The second kappa shape index (κ2) is 9.80. The quantitative estimate of drug-likeness (QED) is 0.327. The topological polar surface area (TPSA) is 136 Å². The molecule has 0 bridgehead atoms. The van der Waals surface area contributed by atoms with Gasteiger partial charge >= 0.3 is 0 Å². The molecule has 4 heterocycles. The van der Waals surface area contributed by atoms with E-state index in [0.717, 1.165) is 71.5 Å². The van der Waals surface area contributed by atoms with Crippen LogP contribution in [0.5, 0.6) is 0 Å². The highest BCUT2D eigenvalue weighted by Gasteiger charge is 2.26. The fourth-order valence-corrected chi connectivity index (χ4v) is 5.81. The largest absolute Gasteiger partial charge is 0.383 e. The van der Waals surface area contributed by atoms with Crippen molar-refractivity contribution in [1.82, 2.24) is 34.6 Å². The molecule has 3 N–H and O–H groups in total. The highest BCUT2D eigenvalue weighted by atomic mass is 32.2. The number of hydrogen-bond acceptors (Lipinski definition) is 8. The Morgan fingerprint density at radius 3 is 2.63 bits per heavy atom. The number of rotatable bonds is 7. The second-order valence-corrected chi connectivity index (χ2v) is 12.3. The lowest BCUT2D eigenvalue weighted by Crippen LogP contribution is -2.37. The number of piperidine rings is 1. The number of fused-ring (bicyclic) bond motifs is 2. The first-order valence-corrected chi connectivity index (χ1v) is 14.8. The van der Waals surface area contributed by atoms with E-state index in [0.29, 0.717) is 12.4 Å². The first-order valence-electron chi connectivity index (χ1n) is 12.8. The minimum absolute atomic E-state index is 0.142. The summed E-state index contributed by atoms with van der Waals surface area (Å²) in [7, 11) is -2.98. The maximum absolute atomic E-state index is 11.6. The molecule has 1 aliphatic rings. The highest BCUT2D eigenvalue weighted by molar-refractivity contribution is 7.90. The van der Waals surface area contributed by atoms with E-state index < -0.39 is 9.84 Å². The summed E-state index contributed by atoms with van der Waals surface area (Å²) in [4.78, 5) is 19.2. The zero-order valence-corrected chi connectivity index (χ0v) is 22.0. The van der Waals surface area contributed by atoms with Crippen LogP contribution >= 0.6 is 0 Å². The van der Waals surface area contributed by atoms with Crippen molar-refractivity contribution >= 4 is 37.7 Å². The zero-order valence-electron chi connectivity index (χ0n) is 21.2. The monoisotopic (exact) mass is 530 g/mol. The van der Waals surface area contributed by atoms with Gasteiger partial charge in [-0.3, -0.25) is 0 Å². The molecule has 5 aromatic rings. The number of nitrogens with two attached hydrogens (primary N) is 1. The Morgan fingerprint density at radius 2 is 1.87 bits per heavy atom. The molecule has 1 saturated heterocycles. The van der Waals surface area contributed by atoms with E-state index in [1.165, 1.54) is 18.1 Å². The minimum Gasteiger partial charge on any atom is -0.383 e. The molecular weight excluding hydrogens is 500 g/mol. The number of benzene rings is 2. The van der Waals surface area contributed by atoms with Crippen molar-refractivity contribution in [3.05, 3.63) is 66.2 Å². The van der Waals surface area contributed by atoms with Crippen molar-refractivity contribution in [2.75, 3.05) is 37.4 Å². The molecule has 0 atom stereocenters. The van der Waals surface area contributed by atoms with Crippen molar-refractivity contribution in [1.29, 1.82) is 0 Å². The molecule has 0 amide bonds. The lowest BCUT2D eigenvalue weighted by atomic mass is 10.1. The highest BCUT2D eigenvalue weighted by Crippen LogP contribution is 2.35. The molecule has 196 valence electrons. The van der Waals surface area contributed by atoms with Crippen LogP contribution in [0.15, 0.2) is 54.9 Å². The average molecular weight is 531 g/mol. The fourth-order valence-electron chi connectivity index (χ4n) is 5.22. The number of nitrogens with zero attached hydrogens (tertiary/aromatic N) is 6. The zero-order chi connectivity index (χ0) is 26.3. The molecule has 11 heteroatoms. The van der Waals surface area contributed by atoms with Gasteiger partial charge in [0.25, 0.3) is 0 Å². The van der Waals surface area contributed by atoms with E-state index in [1.54, 1.807) is 0 Å². The van der Waals surface area contributed by atoms with Crippen LogP contribution in [-0.2, 0) is 16.3 Å². The van der Waals surface area contributed by atoms with Gasteiger partial charge in [0, 0.05) is 37.9 Å². The molecule has 10 nitrogen and oxygen atoms in total. The molecule has 2 aromatic carbocycles. The molecule has 1 fully saturated rings. The Morgan fingerprint density at radius 1 is 1.08 bits per heavy atom. The van der Waals surface area contributed by atoms with Crippen molar-refractivity contribution in [2.45, 2.75) is 25.3 Å². The number of aromatic amines is 1. The minimum atomic E-state index is -2.98. The predicted molar refractivity (Wildman–Crippen MR) is 148 cm³/mol. The van der Waals surface area contributed by atoms with Gasteiger partial charge in [-0.2, -0.15) is 5.10 Å². The Kier molecular flexibility index (Phi) is 6.32. The van der Waals surface area contributed by atoms with Crippen LogP contribution in [0.25, 0.3) is 33.3 Å². The van der Waals surface area contributed by atoms with Crippen LogP contribution in [0.2, 0.25) is 0 Å². The molecule has 3 aromatic heterocycles. The number of anilines is 1. The van der Waals surface area contributed by atoms with Crippen molar-refractivity contribution in [2.24, 2.45) is 0 Å². The van der Waals surface area contributed by atoms with Crippen LogP contribution in [0.4, 0.5) is 5.82 Å². The third-order valence-electron chi connectivity index (χ3n) is 7.22. The summed E-state index contributed by atoms with van der Waals surface area (Å²) in [6.45, 7) is 2.17. The lowest BCUT2D eigenvalue weighted by Gasteiger charge is -2.31. The molecular formula is C27H30N8O2S. The van der Waals surface area contributed by atoms with Gasteiger partial charge < -0.3 is 15.6 Å². The number of H-pyrrole nitrogens is 1. The van der Waals surface area contributed by atoms with Gasteiger partial charge in [-0.05, 0) is 30.5 Å². The summed E-state index contributed by atoms with van der Waals surface area (Å²) in [5.41, 5.74) is 11.8. The molecule has 1 aliphatic heterocycles. The van der Waals surface area contributed by atoms with Crippen LogP contribution in [-0.4, -0.2) is 74.7 Å². The smallest absolute Gasteiger partial charge is 0.164 e. The number of imidazole rings is 1. The Hall–Kier alpha value is -3.83. The van der Waals surface area contributed by atoms with Crippen LogP contribution < -0.4 is 5.73 Å². The van der Waals surface area contributed by atoms with Gasteiger partial charge in [0.1, 0.15) is 33.5 Å². The number of sulfone groups is 1. The summed E-state index contributed by atoms with van der Waals surface area (Å²) in [5, 5.41) is 5.77. The van der Waals surface area contributed by atoms with Gasteiger partial charge in [0.15, 0.2) is 5.65 Å². The van der Waals surface area contributed by atoms with Crippen molar-refractivity contribution in [3.8, 4) is 11.3 Å². The van der Waals surface area contributed by atoms with E-state index in [2.05, 4.69) is 38.1 Å². The van der Waals surface area contributed by atoms with Crippen molar-refractivity contribution in [3.63, 3.8) is 0 Å². The first kappa shape index (κ1) is 24.5. The summed E-state index contributed by atoms with van der Waals surface area (Å²) in [6, 6.07) is 16.5. The molecule has 0 spiro atoms. The maximum Gasteiger partial charge on any atom is 0.164 e. The molecule has 0 radical (unpaired) electrons. The van der Waals surface area contributed by atoms with Crippen LogP contribution in [0.1, 0.15) is 30.3 Å². The normalized spacial score (nSPS) is 15.5. The number of nitrogens with one attached hydrogen (secondary N) is 1. The summed E-state index contributed by atoms with van der Waals surface area (Å²) < 4.78 is 25.1. The Labute approximate surface area is 220 Å². The maximum atomic E-state index is 11.6. The Bertz CT molecular complexity index is 1700. The first-order chi connectivity index (χ1) is 18.3. The summed E-state index contributed by atoms with van der Waals surface area (Å²) in [6.07, 6.45) is 5.20. The van der Waals surface area contributed by atoms with Gasteiger partial charge in [-0.15, -0.1) is 0 Å². The second-order valence-electron chi connectivity index (χ2n) is 10.0. The summed E-state index contributed by atoms with van der Waals surface area (Å²) in [5.74, 6) is 1.49. The third-order valence-corrected chi connectivity index (χ3v) is 8.14. The van der Waals surface area contributed by atoms with Gasteiger partial charge in [0.2, 0.25) is 0 Å². The van der Waals surface area contributed by atoms with E-state index >= 15 is 0 Å². The predicted octanol–water partition coefficient (Wildman–Crippen LogP) is 3.22. The van der Waals surface area contributed by atoms with Crippen LogP contribution in [0.3, 0.4) is 0 Å². The SMILES string of the molecule is CS(=O)(=O)CCN1CCC(n2nc(-c3ccc4nc(Cc5ccccc5)[nH]c4c3)c3c(N)ncnc32)CC1. The molecule has 0 aliphatic carbocycles. The van der Waals surface area contributed by atoms with E-state index in [1.807, 2.05) is 35.0 Å². The van der Waals surface area contributed by atoms with Gasteiger partial charge in [0.05, 0.1) is 28.2 Å².